The van der Waals surface area contributed by atoms with Gasteiger partial charge < -0.3 is 10.4 Å². The van der Waals surface area contributed by atoms with Crippen LogP contribution >= 0.6 is 0 Å². The predicted molar refractivity (Wildman–Crippen MR) is 52.0 cm³/mol. The Morgan fingerprint density at radius 2 is 2.43 bits per heavy atom. The minimum absolute atomic E-state index is 0.0859. The molecule has 0 bridgehead atoms. The van der Waals surface area contributed by atoms with Gasteiger partial charge in [0.25, 0.3) is 0 Å². The Morgan fingerprint density at radius 1 is 1.64 bits per heavy atom. The van der Waals surface area contributed by atoms with Gasteiger partial charge in [0, 0.05) is 24.9 Å². The van der Waals surface area contributed by atoms with Crippen molar-refractivity contribution in [2.45, 2.75) is 25.8 Å². The summed E-state index contributed by atoms with van der Waals surface area (Å²) in [7, 11) is 0. The molecule has 0 aliphatic heterocycles. The lowest BCUT2D eigenvalue weighted by molar-refractivity contribution is -0.137. The van der Waals surface area contributed by atoms with Gasteiger partial charge in [-0.1, -0.05) is 0 Å². The van der Waals surface area contributed by atoms with E-state index in [-0.39, 0.29) is 12.5 Å². The van der Waals surface area contributed by atoms with Crippen LogP contribution in [0, 0.1) is 0 Å². The summed E-state index contributed by atoms with van der Waals surface area (Å²) in [4.78, 5) is 18.2. The fourth-order valence-corrected chi connectivity index (χ4v) is 1.04. The Balaban J connectivity index is 2.34. The Morgan fingerprint density at radius 3 is 3.00 bits per heavy atom. The highest BCUT2D eigenvalue weighted by molar-refractivity contribution is 5.66. The highest BCUT2D eigenvalue weighted by Gasteiger charge is 2.05. The molecule has 1 unspecified atom stereocenters. The van der Waals surface area contributed by atoms with Gasteiger partial charge in [0.15, 0.2) is 0 Å². The first-order valence-electron chi connectivity index (χ1n) is 4.43. The van der Waals surface area contributed by atoms with Gasteiger partial charge in [-0.2, -0.15) is 0 Å². The lowest BCUT2D eigenvalue weighted by Gasteiger charge is -2.12. The molecule has 0 amide bonds. The van der Waals surface area contributed by atoms with Crippen molar-refractivity contribution in [2.75, 3.05) is 5.32 Å². The van der Waals surface area contributed by atoms with E-state index in [1.54, 1.807) is 18.6 Å². The largest absolute Gasteiger partial charge is 0.481 e. The topological polar surface area (TPSA) is 75.1 Å². The zero-order chi connectivity index (χ0) is 10.4. The van der Waals surface area contributed by atoms with Gasteiger partial charge in [0.2, 0.25) is 0 Å². The maximum Gasteiger partial charge on any atom is 0.303 e. The number of carboxylic acid groups (broad SMARTS) is 1. The number of anilines is 1. The predicted octanol–water partition coefficient (Wildman–Crippen LogP) is 1.14. The summed E-state index contributed by atoms with van der Waals surface area (Å²) in [6.45, 7) is 1.91. The van der Waals surface area contributed by atoms with Gasteiger partial charge in [-0.05, 0) is 13.3 Å². The van der Waals surface area contributed by atoms with Gasteiger partial charge in [0.1, 0.15) is 5.82 Å². The van der Waals surface area contributed by atoms with Crippen LogP contribution in [0.15, 0.2) is 18.6 Å². The van der Waals surface area contributed by atoms with E-state index >= 15 is 0 Å². The zero-order valence-corrected chi connectivity index (χ0v) is 7.97. The maximum absolute atomic E-state index is 10.3. The Hall–Kier alpha value is -1.65. The molecule has 1 rings (SSSR count). The normalized spacial score (nSPS) is 12.1. The molecule has 0 saturated heterocycles. The molecule has 0 spiro atoms. The van der Waals surface area contributed by atoms with Crippen molar-refractivity contribution < 1.29 is 9.90 Å². The van der Waals surface area contributed by atoms with Crippen LogP contribution in [0.1, 0.15) is 19.8 Å². The molecular weight excluding hydrogens is 182 g/mol. The monoisotopic (exact) mass is 195 g/mol. The molecule has 5 heteroatoms. The second-order valence-corrected chi connectivity index (χ2v) is 3.07. The molecular formula is C9H13N3O2. The van der Waals surface area contributed by atoms with E-state index in [9.17, 15) is 4.79 Å². The Bertz CT molecular complexity index is 289. The van der Waals surface area contributed by atoms with Crippen LogP contribution in [0.5, 0.6) is 0 Å². The van der Waals surface area contributed by atoms with Crippen molar-refractivity contribution in [1.82, 2.24) is 9.97 Å². The zero-order valence-electron chi connectivity index (χ0n) is 7.97. The second kappa shape index (κ2) is 5.16. The smallest absolute Gasteiger partial charge is 0.303 e. The van der Waals surface area contributed by atoms with E-state index < -0.39 is 5.97 Å². The maximum atomic E-state index is 10.3. The fourth-order valence-electron chi connectivity index (χ4n) is 1.04. The number of hydrogen-bond donors (Lipinski definition) is 2. The molecule has 5 nitrogen and oxygen atoms in total. The number of carboxylic acids is 1. The van der Waals surface area contributed by atoms with Gasteiger partial charge >= 0.3 is 5.97 Å². The second-order valence-electron chi connectivity index (χ2n) is 3.07. The van der Waals surface area contributed by atoms with Crippen molar-refractivity contribution in [1.29, 1.82) is 0 Å². The van der Waals surface area contributed by atoms with E-state index in [0.29, 0.717) is 12.2 Å². The van der Waals surface area contributed by atoms with Crippen LogP contribution in [-0.4, -0.2) is 27.1 Å². The molecule has 1 aromatic rings. The van der Waals surface area contributed by atoms with Crippen LogP contribution in [0.25, 0.3) is 0 Å². The third kappa shape index (κ3) is 3.84. The summed E-state index contributed by atoms with van der Waals surface area (Å²) < 4.78 is 0. The minimum Gasteiger partial charge on any atom is -0.481 e. The van der Waals surface area contributed by atoms with Gasteiger partial charge in [-0.15, -0.1) is 0 Å². The summed E-state index contributed by atoms with van der Waals surface area (Å²) >= 11 is 0. The highest BCUT2D eigenvalue weighted by Crippen LogP contribution is 2.04. The van der Waals surface area contributed by atoms with Crippen LogP contribution in [0.3, 0.4) is 0 Å². The van der Waals surface area contributed by atoms with Crippen LogP contribution < -0.4 is 5.32 Å². The van der Waals surface area contributed by atoms with E-state index in [2.05, 4.69) is 15.3 Å². The highest BCUT2D eigenvalue weighted by atomic mass is 16.4. The van der Waals surface area contributed by atoms with Crippen molar-refractivity contribution in [3.05, 3.63) is 18.6 Å². The number of aliphatic carboxylic acids is 1. The van der Waals surface area contributed by atoms with E-state index in [0.717, 1.165) is 0 Å². The molecule has 0 radical (unpaired) electrons. The summed E-state index contributed by atoms with van der Waals surface area (Å²) in [6, 6.07) is 0.0859. The molecule has 0 saturated carbocycles. The Labute approximate surface area is 82.2 Å². The number of hydrogen-bond acceptors (Lipinski definition) is 4. The minimum atomic E-state index is -0.780. The van der Waals surface area contributed by atoms with Crippen molar-refractivity contribution >= 4 is 11.8 Å². The molecule has 0 aromatic carbocycles. The van der Waals surface area contributed by atoms with Gasteiger partial charge in [0.05, 0.1) is 6.20 Å². The average Bonchev–Trinajstić information content (AvgIpc) is 2.16. The number of nitrogens with zero attached hydrogens (tertiary/aromatic N) is 2. The third-order valence-electron chi connectivity index (χ3n) is 1.75. The number of rotatable bonds is 5. The van der Waals surface area contributed by atoms with E-state index in [1.807, 2.05) is 6.92 Å². The summed E-state index contributed by atoms with van der Waals surface area (Å²) in [5.74, 6) is -0.108. The van der Waals surface area contributed by atoms with Crippen LogP contribution in [-0.2, 0) is 4.79 Å². The van der Waals surface area contributed by atoms with Crippen LogP contribution in [0.4, 0.5) is 5.82 Å². The van der Waals surface area contributed by atoms with Crippen molar-refractivity contribution in [2.24, 2.45) is 0 Å². The molecule has 0 aliphatic rings. The molecule has 0 aliphatic carbocycles. The third-order valence-corrected chi connectivity index (χ3v) is 1.75. The number of aromatic nitrogens is 2. The van der Waals surface area contributed by atoms with E-state index in [1.165, 1.54) is 0 Å². The van der Waals surface area contributed by atoms with E-state index in [4.69, 9.17) is 5.11 Å². The summed E-state index contributed by atoms with van der Waals surface area (Å²) in [5.41, 5.74) is 0. The van der Waals surface area contributed by atoms with Crippen molar-refractivity contribution in [3.8, 4) is 0 Å². The molecule has 1 atom stereocenters. The molecule has 1 heterocycles. The Kier molecular flexibility index (Phi) is 3.84. The lowest BCUT2D eigenvalue weighted by Crippen LogP contribution is -2.17. The molecule has 14 heavy (non-hydrogen) atoms. The summed E-state index contributed by atoms with van der Waals surface area (Å²) in [6.07, 6.45) is 5.52. The summed E-state index contributed by atoms with van der Waals surface area (Å²) in [5, 5.41) is 11.5. The standard InChI is InChI=1S/C9H13N3O2/c1-7(2-3-9(13)14)12-8-6-10-4-5-11-8/h4-7H,2-3H2,1H3,(H,11,12)(H,13,14). The van der Waals surface area contributed by atoms with Gasteiger partial charge in [-0.25, -0.2) is 4.98 Å². The quantitative estimate of drug-likeness (QED) is 0.736. The molecule has 76 valence electrons. The lowest BCUT2D eigenvalue weighted by atomic mass is 10.2. The van der Waals surface area contributed by atoms with Crippen LogP contribution in [0.2, 0.25) is 0 Å². The molecule has 0 fully saturated rings. The SMILES string of the molecule is CC(CCC(=O)O)Nc1cnccn1. The number of nitrogens with one attached hydrogen (secondary N) is 1. The first-order valence-corrected chi connectivity index (χ1v) is 4.43. The average molecular weight is 195 g/mol. The number of carbonyl (C=O) groups is 1. The first kappa shape index (κ1) is 10.4. The van der Waals surface area contributed by atoms with Crippen molar-refractivity contribution in [3.63, 3.8) is 0 Å². The van der Waals surface area contributed by atoms with Gasteiger partial charge in [-0.3, -0.25) is 9.78 Å². The molecule has 1 aromatic heterocycles. The fraction of sp³-hybridized carbons (Fsp3) is 0.444. The first-order chi connectivity index (χ1) is 6.68. The molecule has 2 N–H and O–H groups in total.